The molecule has 0 aliphatic heterocycles. The second-order valence-corrected chi connectivity index (χ2v) is 8.41. The highest BCUT2D eigenvalue weighted by atomic mass is 16.5. The molecule has 0 saturated heterocycles. The van der Waals surface area contributed by atoms with Gasteiger partial charge < -0.3 is 9.47 Å². The molecule has 0 N–H and O–H groups in total. The van der Waals surface area contributed by atoms with E-state index in [0.717, 1.165) is 24.4 Å². The molecule has 1 saturated carbocycles. The number of carbonyl (C=O) groups is 1. The summed E-state index contributed by atoms with van der Waals surface area (Å²) in [5.74, 6) is 1.40. The summed E-state index contributed by atoms with van der Waals surface area (Å²) >= 11 is 0. The van der Waals surface area contributed by atoms with Crippen molar-refractivity contribution in [1.29, 1.82) is 0 Å². The molecule has 0 heterocycles. The maximum Gasteiger partial charge on any atom is 0.307 e. The average molecular weight is 354 g/mol. The zero-order valence-electron chi connectivity index (χ0n) is 16.6. The molecule has 2 aliphatic carbocycles. The van der Waals surface area contributed by atoms with Gasteiger partial charge in [-0.3, -0.25) is 4.79 Å². The molecule has 1 aromatic rings. The van der Waals surface area contributed by atoms with Crippen LogP contribution in [0.15, 0.2) is 47.7 Å². The Bertz CT molecular complexity index is 739. The molecule has 0 spiro atoms. The lowest BCUT2D eigenvalue weighted by Gasteiger charge is -2.50. The zero-order valence-corrected chi connectivity index (χ0v) is 16.6. The fourth-order valence-electron chi connectivity index (χ4n) is 5.07. The van der Waals surface area contributed by atoms with Gasteiger partial charge in [-0.15, -0.1) is 0 Å². The van der Waals surface area contributed by atoms with E-state index in [-0.39, 0.29) is 22.7 Å². The first kappa shape index (κ1) is 18.8. The number of ether oxygens (including phenoxy) is 2. The highest BCUT2D eigenvalue weighted by Gasteiger charge is 2.49. The Balaban J connectivity index is 2.13. The SMILES string of the molecule is COc1ccc([C@@H]2C(OC(C)=O)=CCC=C3C(C)(C)CCC[C@@]32C)cc1. The molecule has 3 heteroatoms. The maximum absolute atomic E-state index is 11.8. The monoisotopic (exact) mass is 354 g/mol. The number of esters is 1. The second-order valence-electron chi connectivity index (χ2n) is 8.41. The van der Waals surface area contributed by atoms with E-state index in [9.17, 15) is 4.79 Å². The number of hydrogen-bond acceptors (Lipinski definition) is 3. The van der Waals surface area contributed by atoms with Crippen molar-refractivity contribution in [1.82, 2.24) is 0 Å². The van der Waals surface area contributed by atoms with Crippen LogP contribution in [-0.4, -0.2) is 13.1 Å². The van der Waals surface area contributed by atoms with Crippen LogP contribution in [0.4, 0.5) is 0 Å². The van der Waals surface area contributed by atoms with Crippen LogP contribution in [0.2, 0.25) is 0 Å². The normalized spacial score (nSPS) is 27.5. The summed E-state index contributed by atoms with van der Waals surface area (Å²) in [6.07, 6.45) is 8.74. The van der Waals surface area contributed by atoms with Crippen molar-refractivity contribution in [2.45, 2.75) is 59.3 Å². The average Bonchev–Trinajstić information content (AvgIpc) is 2.71. The van der Waals surface area contributed by atoms with Gasteiger partial charge in [0.1, 0.15) is 11.5 Å². The quantitative estimate of drug-likeness (QED) is 0.510. The van der Waals surface area contributed by atoms with Crippen LogP contribution < -0.4 is 4.74 Å². The van der Waals surface area contributed by atoms with E-state index in [4.69, 9.17) is 9.47 Å². The molecule has 0 radical (unpaired) electrons. The molecule has 26 heavy (non-hydrogen) atoms. The van der Waals surface area contributed by atoms with E-state index in [1.807, 2.05) is 12.1 Å². The van der Waals surface area contributed by atoms with Crippen molar-refractivity contribution in [3.05, 3.63) is 53.3 Å². The van der Waals surface area contributed by atoms with Crippen LogP contribution in [0.3, 0.4) is 0 Å². The summed E-state index contributed by atoms with van der Waals surface area (Å²) < 4.78 is 11.1. The minimum Gasteiger partial charge on any atom is -0.497 e. The largest absolute Gasteiger partial charge is 0.497 e. The second kappa shape index (κ2) is 6.94. The molecule has 1 fully saturated rings. The standard InChI is InChI=1S/C23H30O3/c1-16(24)26-19-8-6-9-20-22(2,3)14-7-15-23(20,4)21(19)17-10-12-18(25-5)13-11-17/h8-13,21H,6-7,14-15H2,1-5H3/t21-,23+/m1/s1. The van der Waals surface area contributed by atoms with E-state index in [0.29, 0.717) is 0 Å². The number of methoxy groups -OCH3 is 1. The topological polar surface area (TPSA) is 35.5 Å². The van der Waals surface area contributed by atoms with Crippen molar-refractivity contribution in [3.63, 3.8) is 0 Å². The summed E-state index contributed by atoms with van der Waals surface area (Å²) in [4.78, 5) is 11.8. The predicted molar refractivity (Wildman–Crippen MR) is 104 cm³/mol. The van der Waals surface area contributed by atoms with Crippen LogP contribution in [-0.2, 0) is 9.53 Å². The fourth-order valence-corrected chi connectivity index (χ4v) is 5.07. The zero-order chi connectivity index (χ0) is 18.9. The molecule has 3 rings (SSSR count). The molecule has 2 atom stereocenters. The van der Waals surface area contributed by atoms with Gasteiger partial charge in [0.25, 0.3) is 0 Å². The summed E-state index contributed by atoms with van der Waals surface area (Å²) in [6, 6.07) is 8.20. The van der Waals surface area contributed by atoms with E-state index in [1.165, 1.54) is 30.9 Å². The van der Waals surface area contributed by atoms with Crippen molar-refractivity contribution in [2.75, 3.05) is 7.11 Å². The summed E-state index contributed by atoms with van der Waals surface area (Å²) in [5, 5.41) is 0. The number of benzene rings is 1. The maximum atomic E-state index is 11.8. The summed E-state index contributed by atoms with van der Waals surface area (Å²) in [5.41, 5.74) is 2.77. The van der Waals surface area contributed by atoms with Crippen molar-refractivity contribution >= 4 is 5.97 Å². The van der Waals surface area contributed by atoms with Crippen LogP contribution in [0.25, 0.3) is 0 Å². The Kier molecular flexibility index (Phi) is 5.01. The van der Waals surface area contributed by atoms with Gasteiger partial charge in [-0.2, -0.15) is 0 Å². The smallest absolute Gasteiger partial charge is 0.307 e. The van der Waals surface area contributed by atoms with E-state index in [1.54, 1.807) is 7.11 Å². The van der Waals surface area contributed by atoms with Gasteiger partial charge in [-0.05, 0) is 48.4 Å². The fraction of sp³-hybridized carbons (Fsp3) is 0.522. The number of hydrogen-bond donors (Lipinski definition) is 0. The van der Waals surface area contributed by atoms with Crippen molar-refractivity contribution < 1.29 is 14.3 Å². The minimum absolute atomic E-state index is 0.0330. The van der Waals surface area contributed by atoms with Gasteiger partial charge in [0, 0.05) is 12.3 Å². The lowest BCUT2D eigenvalue weighted by molar-refractivity contribution is -0.137. The van der Waals surface area contributed by atoms with Crippen LogP contribution in [0, 0.1) is 10.8 Å². The Morgan fingerprint density at radius 2 is 1.77 bits per heavy atom. The third-order valence-corrected chi connectivity index (χ3v) is 6.12. The van der Waals surface area contributed by atoms with Crippen LogP contribution in [0.1, 0.15) is 64.9 Å². The van der Waals surface area contributed by atoms with E-state index >= 15 is 0 Å². The Morgan fingerprint density at radius 1 is 1.08 bits per heavy atom. The number of rotatable bonds is 3. The Morgan fingerprint density at radius 3 is 2.38 bits per heavy atom. The van der Waals surface area contributed by atoms with E-state index < -0.39 is 0 Å². The first-order valence-corrected chi connectivity index (χ1v) is 9.51. The molecular weight excluding hydrogens is 324 g/mol. The molecule has 0 unspecified atom stereocenters. The third kappa shape index (κ3) is 3.32. The Hall–Kier alpha value is -2.03. The minimum atomic E-state index is -0.253. The van der Waals surface area contributed by atoms with Crippen LogP contribution >= 0.6 is 0 Å². The summed E-state index contributed by atoms with van der Waals surface area (Å²) in [7, 11) is 1.68. The highest BCUT2D eigenvalue weighted by Crippen LogP contribution is 2.60. The van der Waals surface area contributed by atoms with Gasteiger partial charge in [0.2, 0.25) is 0 Å². The van der Waals surface area contributed by atoms with Crippen molar-refractivity contribution in [2.24, 2.45) is 10.8 Å². The molecular formula is C23H30O3. The van der Waals surface area contributed by atoms with E-state index in [2.05, 4.69) is 45.1 Å². The first-order chi connectivity index (χ1) is 12.3. The van der Waals surface area contributed by atoms with Gasteiger partial charge in [0.15, 0.2) is 0 Å². The molecule has 3 nitrogen and oxygen atoms in total. The number of carbonyl (C=O) groups excluding carboxylic acids is 1. The highest BCUT2D eigenvalue weighted by molar-refractivity contribution is 5.68. The first-order valence-electron chi connectivity index (χ1n) is 9.51. The Labute approximate surface area is 157 Å². The number of allylic oxidation sites excluding steroid dienone is 4. The molecule has 140 valence electrons. The van der Waals surface area contributed by atoms with Crippen LogP contribution in [0.5, 0.6) is 5.75 Å². The lowest BCUT2D eigenvalue weighted by atomic mass is 9.55. The summed E-state index contributed by atoms with van der Waals surface area (Å²) in [6.45, 7) is 8.52. The van der Waals surface area contributed by atoms with Crippen molar-refractivity contribution in [3.8, 4) is 5.75 Å². The molecule has 0 aromatic heterocycles. The van der Waals surface area contributed by atoms with Gasteiger partial charge in [0.05, 0.1) is 13.0 Å². The molecule has 0 bridgehead atoms. The lowest BCUT2D eigenvalue weighted by Crippen LogP contribution is -2.39. The molecule has 0 amide bonds. The van der Waals surface area contributed by atoms with Gasteiger partial charge >= 0.3 is 5.97 Å². The number of fused-ring (bicyclic) bond motifs is 1. The van der Waals surface area contributed by atoms with Gasteiger partial charge in [-0.25, -0.2) is 0 Å². The van der Waals surface area contributed by atoms with Gasteiger partial charge in [-0.1, -0.05) is 51.0 Å². The predicted octanol–water partition coefficient (Wildman–Crippen LogP) is 5.77. The third-order valence-electron chi connectivity index (χ3n) is 6.12. The molecule has 2 aliphatic rings. The molecule has 1 aromatic carbocycles.